The minimum atomic E-state index is -1.02. The molecule has 102 valence electrons. The number of carbonyl (C=O) groups is 2. The Bertz CT molecular complexity index is 494. The van der Waals surface area contributed by atoms with Gasteiger partial charge < -0.3 is 14.7 Å². The van der Waals surface area contributed by atoms with Crippen LogP contribution in [0.3, 0.4) is 0 Å². The van der Waals surface area contributed by atoms with E-state index in [4.69, 9.17) is 9.84 Å². The molecule has 1 aliphatic heterocycles. The number of carboxylic acid groups (broad SMARTS) is 1. The lowest BCUT2D eigenvalue weighted by molar-refractivity contribution is -0.139. The zero-order valence-corrected chi connectivity index (χ0v) is 10.1. The highest BCUT2D eigenvalue weighted by atomic mass is 19.1. The number of nitrogens with zero attached hydrogens (tertiary/aromatic N) is 2. The van der Waals surface area contributed by atoms with Crippen LogP contribution in [0.15, 0.2) is 18.5 Å². The summed E-state index contributed by atoms with van der Waals surface area (Å²) in [5.74, 6) is -2.27. The van der Waals surface area contributed by atoms with Crippen molar-refractivity contribution in [3.05, 3.63) is 29.8 Å². The highest BCUT2D eigenvalue weighted by Crippen LogP contribution is 2.16. The monoisotopic (exact) mass is 268 g/mol. The molecule has 1 aromatic heterocycles. The Balaban J connectivity index is 2.20. The maximum atomic E-state index is 13.5. The van der Waals surface area contributed by atoms with E-state index in [2.05, 4.69) is 4.98 Å². The third-order valence-electron chi connectivity index (χ3n) is 2.90. The SMILES string of the molecule is O=C(O)CC1COCCN1C(=O)c1ccncc1F. The molecule has 1 aromatic rings. The second-order valence-corrected chi connectivity index (χ2v) is 4.18. The van der Waals surface area contributed by atoms with Crippen molar-refractivity contribution in [3.8, 4) is 0 Å². The number of hydrogen-bond acceptors (Lipinski definition) is 4. The molecule has 1 aliphatic rings. The fourth-order valence-corrected chi connectivity index (χ4v) is 2.00. The van der Waals surface area contributed by atoms with Crippen LogP contribution in [0.2, 0.25) is 0 Å². The molecule has 2 rings (SSSR count). The Kier molecular flexibility index (Phi) is 4.06. The van der Waals surface area contributed by atoms with Crippen LogP contribution in [0.1, 0.15) is 16.8 Å². The van der Waals surface area contributed by atoms with Crippen LogP contribution in [-0.4, -0.2) is 52.7 Å². The first kappa shape index (κ1) is 13.4. The zero-order valence-electron chi connectivity index (χ0n) is 10.1. The van der Waals surface area contributed by atoms with E-state index in [0.29, 0.717) is 6.61 Å². The first-order valence-electron chi connectivity index (χ1n) is 5.79. The number of carbonyl (C=O) groups excluding carboxylic acids is 1. The first-order valence-corrected chi connectivity index (χ1v) is 5.79. The van der Waals surface area contributed by atoms with Crippen LogP contribution < -0.4 is 0 Å². The minimum absolute atomic E-state index is 0.104. The zero-order chi connectivity index (χ0) is 13.8. The van der Waals surface area contributed by atoms with Crippen LogP contribution in [0.4, 0.5) is 4.39 Å². The third kappa shape index (κ3) is 3.05. The summed E-state index contributed by atoms with van der Waals surface area (Å²) in [4.78, 5) is 27.9. The Morgan fingerprint density at radius 3 is 3.05 bits per heavy atom. The molecule has 1 saturated heterocycles. The van der Waals surface area contributed by atoms with Gasteiger partial charge in [0.25, 0.3) is 5.91 Å². The van der Waals surface area contributed by atoms with Crippen molar-refractivity contribution in [2.45, 2.75) is 12.5 Å². The molecule has 0 spiro atoms. The average Bonchev–Trinajstić information content (AvgIpc) is 2.38. The molecular weight excluding hydrogens is 255 g/mol. The van der Waals surface area contributed by atoms with E-state index >= 15 is 0 Å². The predicted molar refractivity (Wildman–Crippen MR) is 62.1 cm³/mol. The number of carboxylic acids is 1. The van der Waals surface area contributed by atoms with E-state index in [1.165, 1.54) is 17.2 Å². The van der Waals surface area contributed by atoms with Gasteiger partial charge in [-0.15, -0.1) is 0 Å². The fourth-order valence-electron chi connectivity index (χ4n) is 2.00. The summed E-state index contributed by atoms with van der Waals surface area (Å²) in [7, 11) is 0. The van der Waals surface area contributed by atoms with Gasteiger partial charge in [-0.3, -0.25) is 14.6 Å². The molecule has 0 aromatic carbocycles. The summed E-state index contributed by atoms with van der Waals surface area (Å²) >= 11 is 0. The van der Waals surface area contributed by atoms with Crippen molar-refractivity contribution in [1.82, 2.24) is 9.88 Å². The number of aromatic nitrogens is 1. The van der Waals surface area contributed by atoms with Gasteiger partial charge in [-0.05, 0) is 6.07 Å². The molecule has 1 atom stereocenters. The molecule has 1 N–H and O–H groups in total. The van der Waals surface area contributed by atoms with Crippen LogP contribution in [0.25, 0.3) is 0 Å². The van der Waals surface area contributed by atoms with Crippen molar-refractivity contribution in [3.63, 3.8) is 0 Å². The molecule has 7 heteroatoms. The second kappa shape index (κ2) is 5.75. The van der Waals surface area contributed by atoms with Gasteiger partial charge in [0, 0.05) is 12.7 Å². The van der Waals surface area contributed by atoms with Gasteiger partial charge in [0.2, 0.25) is 0 Å². The number of pyridine rings is 1. The molecule has 19 heavy (non-hydrogen) atoms. The van der Waals surface area contributed by atoms with E-state index in [1.54, 1.807) is 0 Å². The largest absolute Gasteiger partial charge is 0.481 e. The quantitative estimate of drug-likeness (QED) is 0.865. The number of halogens is 1. The second-order valence-electron chi connectivity index (χ2n) is 4.18. The Labute approximate surface area is 108 Å². The standard InChI is InChI=1S/C12H13FN2O4/c13-10-6-14-2-1-9(10)12(18)15-3-4-19-7-8(15)5-11(16)17/h1-2,6,8H,3-5,7H2,(H,16,17). The van der Waals surface area contributed by atoms with Crippen molar-refractivity contribution in [2.75, 3.05) is 19.8 Å². The van der Waals surface area contributed by atoms with Crippen molar-refractivity contribution >= 4 is 11.9 Å². The molecule has 1 amide bonds. The molecule has 0 saturated carbocycles. The van der Waals surface area contributed by atoms with Gasteiger partial charge in [-0.2, -0.15) is 0 Å². The van der Waals surface area contributed by atoms with Crippen molar-refractivity contribution < 1.29 is 23.8 Å². The number of amides is 1. The smallest absolute Gasteiger partial charge is 0.305 e. The highest BCUT2D eigenvalue weighted by Gasteiger charge is 2.30. The summed E-state index contributed by atoms with van der Waals surface area (Å²) in [6.45, 7) is 0.706. The van der Waals surface area contributed by atoms with Gasteiger partial charge in [-0.1, -0.05) is 0 Å². The third-order valence-corrected chi connectivity index (χ3v) is 2.90. The lowest BCUT2D eigenvalue weighted by Gasteiger charge is -2.34. The van der Waals surface area contributed by atoms with E-state index in [9.17, 15) is 14.0 Å². The van der Waals surface area contributed by atoms with Crippen LogP contribution in [0.5, 0.6) is 0 Å². The average molecular weight is 268 g/mol. The first-order chi connectivity index (χ1) is 9.09. The summed E-state index contributed by atoms with van der Waals surface area (Å²) in [6, 6.07) is 0.705. The van der Waals surface area contributed by atoms with E-state index < -0.39 is 23.7 Å². The molecule has 1 unspecified atom stereocenters. The minimum Gasteiger partial charge on any atom is -0.481 e. The van der Waals surface area contributed by atoms with Gasteiger partial charge in [0.15, 0.2) is 5.82 Å². The van der Waals surface area contributed by atoms with Crippen LogP contribution >= 0.6 is 0 Å². The lowest BCUT2D eigenvalue weighted by Crippen LogP contribution is -2.49. The van der Waals surface area contributed by atoms with Crippen molar-refractivity contribution in [2.24, 2.45) is 0 Å². The summed E-state index contributed by atoms with van der Waals surface area (Å²) in [5.41, 5.74) is -0.104. The summed E-state index contributed by atoms with van der Waals surface area (Å²) < 4.78 is 18.7. The topological polar surface area (TPSA) is 79.7 Å². The van der Waals surface area contributed by atoms with E-state index in [1.807, 2.05) is 0 Å². The maximum Gasteiger partial charge on any atom is 0.305 e. The van der Waals surface area contributed by atoms with E-state index in [-0.39, 0.29) is 25.1 Å². The van der Waals surface area contributed by atoms with Crippen LogP contribution in [-0.2, 0) is 9.53 Å². The number of morpholine rings is 1. The molecule has 6 nitrogen and oxygen atoms in total. The molecular formula is C12H13FN2O4. The number of rotatable bonds is 3. The highest BCUT2D eigenvalue weighted by molar-refractivity contribution is 5.94. The Morgan fingerprint density at radius 2 is 2.37 bits per heavy atom. The van der Waals surface area contributed by atoms with Crippen LogP contribution in [0, 0.1) is 5.82 Å². The molecule has 1 fully saturated rings. The lowest BCUT2D eigenvalue weighted by atomic mass is 10.1. The van der Waals surface area contributed by atoms with E-state index in [0.717, 1.165) is 6.20 Å². The maximum absolute atomic E-state index is 13.5. The summed E-state index contributed by atoms with van der Waals surface area (Å²) in [5, 5.41) is 8.81. The fraction of sp³-hybridized carbons (Fsp3) is 0.417. The molecule has 0 radical (unpaired) electrons. The van der Waals surface area contributed by atoms with Gasteiger partial charge in [0.05, 0.1) is 37.4 Å². The van der Waals surface area contributed by atoms with Gasteiger partial charge in [-0.25, -0.2) is 4.39 Å². The number of ether oxygens (including phenoxy) is 1. The molecule has 2 heterocycles. The Morgan fingerprint density at radius 1 is 1.58 bits per heavy atom. The Hall–Kier alpha value is -2.02. The predicted octanol–water partition coefficient (Wildman–Crippen LogP) is 0.536. The van der Waals surface area contributed by atoms with Gasteiger partial charge in [0.1, 0.15) is 0 Å². The molecule has 0 bridgehead atoms. The van der Waals surface area contributed by atoms with Gasteiger partial charge >= 0.3 is 5.97 Å². The molecule has 0 aliphatic carbocycles. The number of hydrogen-bond donors (Lipinski definition) is 1. The number of aliphatic carboxylic acids is 1. The van der Waals surface area contributed by atoms with Crippen molar-refractivity contribution in [1.29, 1.82) is 0 Å². The summed E-state index contributed by atoms with van der Waals surface area (Å²) in [6.07, 6.45) is 2.06. The normalized spacial score (nSPS) is 19.2.